The van der Waals surface area contributed by atoms with Gasteiger partial charge in [-0.15, -0.1) is 0 Å². The monoisotopic (exact) mass is 382 g/mol. The lowest BCUT2D eigenvalue weighted by Gasteiger charge is -2.21. The van der Waals surface area contributed by atoms with Gasteiger partial charge in [-0.3, -0.25) is 14.4 Å². The van der Waals surface area contributed by atoms with Crippen LogP contribution in [0.1, 0.15) is 28.8 Å². The van der Waals surface area contributed by atoms with Crippen LogP contribution < -0.4 is 5.32 Å². The van der Waals surface area contributed by atoms with Crippen molar-refractivity contribution in [3.8, 4) is 0 Å². The number of rotatable bonds is 7. The second-order valence-corrected chi connectivity index (χ2v) is 6.61. The number of aliphatic carboxylic acids is 1. The van der Waals surface area contributed by atoms with E-state index in [9.17, 15) is 19.5 Å². The van der Waals surface area contributed by atoms with E-state index in [1.165, 1.54) is 4.90 Å². The van der Waals surface area contributed by atoms with Crippen LogP contribution >= 0.6 is 0 Å². The molecule has 0 aliphatic carbocycles. The first kappa shape index (κ1) is 19.6. The van der Waals surface area contributed by atoms with Crippen molar-refractivity contribution in [2.75, 3.05) is 18.5 Å². The first-order valence-electron chi connectivity index (χ1n) is 9.10. The molecule has 1 heterocycles. The van der Waals surface area contributed by atoms with Crippen LogP contribution in [0.3, 0.4) is 0 Å². The van der Waals surface area contributed by atoms with Gasteiger partial charge < -0.3 is 20.1 Å². The summed E-state index contributed by atoms with van der Waals surface area (Å²) in [4.78, 5) is 37.6. The molecule has 28 heavy (non-hydrogen) atoms. The van der Waals surface area contributed by atoms with Crippen LogP contribution in [-0.4, -0.2) is 47.0 Å². The number of carboxylic acid groups (broad SMARTS) is 1. The normalized spacial score (nSPS) is 15.8. The average molecular weight is 382 g/mol. The molecule has 0 saturated carbocycles. The number of anilines is 1. The Hall–Kier alpha value is -3.19. The summed E-state index contributed by atoms with van der Waals surface area (Å²) in [6, 6.07) is 15.7. The minimum atomic E-state index is -1.09. The molecular weight excluding hydrogens is 360 g/mol. The highest BCUT2D eigenvalue weighted by Gasteiger charge is 2.24. The molecule has 146 valence electrons. The third-order valence-corrected chi connectivity index (χ3v) is 4.43. The van der Waals surface area contributed by atoms with E-state index in [-0.39, 0.29) is 12.5 Å². The largest absolute Gasteiger partial charge is 0.480 e. The maximum Gasteiger partial charge on any atom is 0.323 e. The van der Waals surface area contributed by atoms with Crippen LogP contribution in [0.4, 0.5) is 5.69 Å². The van der Waals surface area contributed by atoms with Gasteiger partial charge in [0.25, 0.3) is 11.8 Å². The van der Waals surface area contributed by atoms with E-state index in [0.717, 1.165) is 12.0 Å². The average Bonchev–Trinajstić information content (AvgIpc) is 3.22. The van der Waals surface area contributed by atoms with Gasteiger partial charge in [0.05, 0.1) is 0 Å². The molecular formula is C21H22N2O5. The van der Waals surface area contributed by atoms with Crippen molar-refractivity contribution >= 4 is 23.5 Å². The summed E-state index contributed by atoms with van der Waals surface area (Å²) >= 11 is 0. The molecule has 2 aromatic carbocycles. The molecule has 7 heteroatoms. The number of hydrogen-bond donors (Lipinski definition) is 2. The minimum absolute atomic E-state index is 0.179. The van der Waals surface area contributed by atoms with Gasteiger partial charge in [-0.1, -0.05) is 36.4 Å². The molecule has 7 nitrogen and oxygen atoms in total. The van der Waals surface area contributed by atoms with Gasteiger partial charge in [0, 0.05) is 24.4 Å². The molecule has 3 rings (SSSR count). The quantitative estimate of drug-likeness (QED) is 0.767. The van der Waals surface area contributed by atoms with E-state index >= 15 is 0 Å². The minimum Gasteiger partial charge on any atom is -0.480 e. The number of carboxylic acids is 1. The third kappa shape index (κ3) is 5.17. The van der Waals surface area contributed by atoms with Crippen LogP contribution in [-0.2, 0) is 20.9 Å². The molecule has 1 unspecified atom stereocenters. The van der Waals surface area contributed by atoms with Gasteiger partial charge >= 0.3 is 5.97 Å². The molecule has 2 N–H and O–H groups in total. The Bertz CT molecular complexity index is 847. The zero-order chi connectivity index (χ0) is 19.9. The molecule has 1 saturated heterocycles. The summed E-state index contributed by atoms with van der Waals surface area (Å²) in [6.45, 7) is 0.332. The summed E-state index contributed by atoms with van der Waals surface area (Å²) in [7, 11) is 0. The lowest BCUT2D eigenvalue weighted by atomic mass is 10.1. The van der Waals surface area contributed by atoms with E-state index in [1.807, 2.05) is 30.3 Å². The second kappa shape index (κ2) is 9.14. The third-order valence-electron chi connectivity index (χ3n) is 4.43. The number of amides is 2. The summed E-state index contributed by atoms with van der Waals surface area (Å²) in [5, 5.41) is 11.9. The van der Waals surface area contributed by atoms with Crippen molar-refractivity contribution in [2.45, 2.75) is 25.5 Å². The van der Waals surface area contributed by atoms with Crippen LogP contribution in [0.25, 0.3) is 0 Å². The van der Waals surface area contributed by atoms with Gasteiger partial charge in [0.2, 0.25) is 0 Å². The lowest BCUT2D eigenvalue weighted by Crippen LogP contribution is -2.35. The van der Waals surface area contributed by atoms with E-state index in [4.69, 9.17) is 4.74 Å². The maximum atomic E-state index is 12.9. The number of nitrogens with zero attached hydrogens (tertiary/aromatic N) is 1. The molecule has 0 radical (unpaired) electrons. The molecule has 0 bridgehead atoms. The fraction of sp³-hybridized carbons (Fsp3) is 0.286. The molecule has 1 atom stereocenters. The smallest absolute Gasteiger partial charge is 0.323 e. The van der Waals surface area contributed by atoms with Crippen molar-refractivity contribution in [2.24, 2.45) is 0 Å². The summed E-state index contributed by atoms with van der Waals surface area (Å²) in [5.74, 6) is -1.75. The molecule has 1 fully saturated rings. The Morgan fingerprint density at radius 1 is 1.11 bits per heavy atom. The van der Waals surface area contributed by atoms with Crippen molar-refractivity contribution in [3.05, 3.63) is 65.7 Å². The molecule has 0 spiro atoms. The number of carbonyl (C=O) groups excluding carboxylic acids is 2. The van der Waals surface area contributed by atoms with E-state index in [0.29, 0.717) is 24.3 Å². The number of benzene rings is 2. The summed E-state index contributed by atoms with van der Waals surface area (Å²) in [5.41, 5.74) is 1.61. The molecule has 0 aromatic heterocycles. The molecule has 2 amide bonds. The second-order valence-electron chi connectivity index (χ2n) is 6.61. The predicted molar refractivity (Wildman–Crippen MR) is 103 cm³/mol. The maximum absolute atomic E-state index is 12.9. The molecule has 2 aromatic rings. The Morgan fingerprint density at radius 2 is 1.89 bits per heavy atom. The molecule has 1 aliphatic heterocycles. The SMILES string of the molecule is O=C(O)CN(Cc1ccccc1)C(=O)c1cccc(NC(=O)C2CCCO2)c1. The first-order valence-corrected chi connectivity index (χ1v) is 9.10. The van der Waals surface area contributed by atoms with Crippen LogP contribution in [0, 0.1) is 0 Å². The zero-order valence-corrected chi connectivity index (χ0v) is 15.3. The van der Waals surface area contributed by atoms with Crippen LogP contribution in [0.2, 0.25) is 0 Å². The van der Waals surface area contributed by atoms with Gasteiger partial charge in [-0.05, 0) is 36.6 Å². The summed E-state index contributed by atoms with van der Waals surface area (Å²) < 4.78 is 5.36. The van der Waals surface area contributed by atoms with Gasteiger partial charge in [-0.25, -0.2) is 0 Å². The van der Waals surface area contributed by atoms with E-state index < -0.39 is 24.5 Å². The zero-order valence-electron chi connectivity index (χ0n) is 15.3. The fourth-order valence-corrected chi connectivity index (χ4v) is 3.09. The Labute approximate surface area is 162 Å². The standard InChI is InChI=1S/C21H22N2O5/c24-19(25)14-23(13-15-6-2-1-3-7-15)21(27)16-8-4-9-17(12-16)22-20(26)18-10-5-11-28-18/h1-4,6-9,12,18H,5,10-11,13-14H2,(H,22,26)(H,24,25). The van der Waals surface area contributed by atoms with E-state index in [2.05, 4.69) is 5.32 Å². The first-order chi connectivity index (χ1) is 13.5. The van der Waals surface area contributed by atoms with Gasteiger partial charge in [0.15, 0.2) is 0 Å². The highest BCUT2D eigenvalue weighted by molar-refractivity contribution is 5.99. The van der Waals surface area contributed by atoms with Crippen molar-refractivity contribution in [3.63, 3.8) is 0 Å². The molecule has 1 aliphatic rings. The van der Waals surface area contributed by atoms with Gasteiger partial charge in [0.1, 0.15) is 12.6 Å². The Morgan fingerprint density at radius 3 is 2.57 bits per heavy atom. The van der Waals surface area contributed by atoms with Crippen molar-refractivity contribution in [1.82, 2.24) is 4.90 Å². The number of nitrogens with one attached hydrogen (secondary N) is 1. The number of carbonyl (C=O) groups is 3. The van der Waals surface area contributed by atoms with E-state index in [1.54, 1.807) is 24.3 Å². The van der Waals surface area contributed by atoms with Crippen molar-refractivity contribution in [1.29, 1.82) is 0 Å². The number of hydrogen-bond acceptors (Lipinski definition) is 4. The van der Waals surface area contributed by atoms with Gasteiger partial charge in [-0.2, -0.15) is 0 Å². The highest BCUT2D eigenvalue weighted by Crippen LogP contribution is 2.18. The number of ether oxygens (including phenoxy) is 1. The highest BCUT2D eigenvalue weighted by atomic mass is 16.5. The van der Waals surface area contributed by atoms with Crippen LogP contribution in [0.15, 0.2) is 54.6 Å². The lowest BCUT2D eigenvalue weighted by molar-refractivity contribution is -0.137. The summed E-state index contributed by atoms with van der Waals surface area (Å²) in [6.07, 6.45) is 1.05. The topological polar surface area (TPSA) is 95.9 Å². The fourth-order valence-electron chi connectivity index (χ4n) is 3.09. The Balaban J connectivity index is 1.74. The Kier molecular flexibility index (Phi) is 6.39. The van der Waals surface area contributed by atoms with Crippen molar-refractivity contribution < 1.29 is 24.2 Å². The predicted octanol–water partition coefficient (Wildman–Crippen LogP) is 2.53. The van der Waals surface area contributed by atoms with Crippen LogP contribution in [0.5, 0.6) is 0 Å².